The van der Waals surface area contributed by atoms with E-state index in [1.807, 2.05) is 0 Å². The van der Waals surface area contributed by atoms with Gasteiger partial charge in [0, 0.05) is 11.5 Å². The first-order valence-corrected chi connectivity index (χ1v) is 7.34. The molecule has 5 nitrogen and oxygen atoms in total. The van der Waals surface area contributed by atoms with Gasteiger partial charge in [-0.15, -0.1) is 0 Å². The smallest absolute Gasteiger partial charge is 0.254 e. The zero-order valence-corrected chi connectivity index (χ0v) is 11.7. The number of ether oxygens (including phenoxy) is 1. The Balaban J connectivity index is 2.77. The Hall–Kier alpha value is -1.08. The number of methoxy groups -OCH3 is 1. The molecule has 0 bridgehead atoms. The molecule has 7 heteroatoms. The van der Waals surface area contributed by atoms with Crippen LogP contribution in [0.3, 0.4) is 0 Å². The molecule has 0 aliphatic rings. The molecule has 1 aromatic carbocycles. The summed E-state index contributed by atoms with van der Waals surface area (Å²) in [6, 6.07) is 3.43. The minimum absolute atomic E-state index is 0.00214. The van der Waals surface area contributed by atoms with Crippen LogP contribution in [0.15, 0.2) is 22.8 Å². The van der Waals surface area contributed by atoms with Crippen molar-refractivity contribution in [3.05, 3.63) is 22.8 Å². The van der Waals surface area contributed by atoms with Crippen LogP contribution in [-0.2, 0) is 10.0 Å². The van der Waals surface area contributed by atoms with Crippen LogP contribution < -0.4 is 4.74 Å². The molecule has 0 aliphatic heterocycles. The number of nitrogens with zero attached hydrogens (tertiary/aromatic N) is 2. The van der Waals surface area contributed by atoms with Gasteiger partial charge in [-0.25, -0.2) is 8.42 Å². The molecule has 0 amide bonds. The van der Waals surface area contributed by atoms with Crippen molar-refractivity contribution >= 4 is 36.9 Å². The Kier molecular flexibility index (Phi) is 3.13. The van der Waals surface area contributed by atoms with Crippen LogP contribution >= 0.6 is 15.9 Å². The molecule has 0 fully saturated rings. The number of fused-ring (bicyclic) bond motifs is 1. The fourth-order valence-electron chi connectivity index (χ4n) is 1.50. The van der Waals surface area contributed by atoms with E-state index in [4.69, 9.17) is 4.74 Å². The Bertz CT molecular complexity index is 663. The topological polar surface area (TPSA) is 61.2 Å². The molecule has 0 N–H and O–H groups in total. The van der Waals surface area contributed by atoms with Crippen molar-refractivity contribution in [2.75, 3.05) is 12.9 Å². The summed E-state index contributed by atoms with van der Waals surface area (Å²) in [5.74, 6) is 0.577. The summed E-state index contributed by atoms with van der Waals surface area (Å²) in [4.78, 5) is 0. The Morgan fingerprint density at radius 3 is 2.76 bits per heavy atom. The highest BCUT2D eigenvalue weighted by Gasteiger charge is 2.16. The first kappa shape index (κ1) is 12.4. The molecule has 1 aromatic heterocycles. The van der Waals surface area contributed by atoms with Crippen LogP contribution in [0.1, 0.15) is 6.92 Å². The van der Waals surface area contributed by atoms with E-state index in [1.165, 1.54) is 13.3 Å². The highest BCUT2D eigenvalue weighted by atomic mass is 79.9. The zero-order chi connectivity index (χ0) is 12.6. The van der Waals surface area contributed by atoms with Gasteiger partial charge in [-0.3, -0.25) is 0 Å². The van der Waals surface area contributed by atoms with E-state index in [2.05, 4.69) is 21.0 Å². The van der Waals surface area contributed by atoms with Crippen LogP contribution in [0.2, 0.25) is 0 Å². The van der Waals surface area contributed by atoms with Crippen molar-refractivity contribution in [2.45, 2.75) is 6.92 Å². The van der Waals surface area contributed by atoms with Crippen molar-refractivity contribution in [3.8, 4) is 5.75 Å². The van der Waals surface area contributed by atoms with E-state index in [9.17, 15) is 8.42 Å². The predicted molar refractivity (Wildman–Crippen MR) is 68.8 cm³/mol. The van der Waals surface area contributed by atoms with Crippen LogP contribution in [-0.4, -0.2) is 30.5 Å². The molecule has 0 aliphatic carbocycles. The molecule has 2 aromatic rings. The number of halogens is 1. The van der Waals surface area contributed by atoms with Crippen LogP contribution in [0.5, 0.6) is 5.75 Å². The minimum Gasteiger partial charge on any atom is -0.495 e. The maximum atomic E-state index is 11.8. The van der Waals surface area contributed by atoms with Gasteiger partial charge in [-0.1, -0.05) is 0 Å². The molecule has 0 saturated carbocycles. The quantitative estimate of drug-likeness (QED) is 0.868. The average molecular weight is 319 g/mol. The molecule has 0 spiro atoms. The largest absolute Gasteiger partial charge is 0.495 e. The summed E-state index contributed by atoms with van der Waals surface area (Å²) in [5, 5.41) is 4.65. The highest BCUT2D eigenvalue weighted by Crippen LogP contribution is 2.30. The number of hydrogen-bond acceptors (Lipinski definition) is 4. The molecule has 92 valence electrons. The van der Waals surface area contributed by atoms with Gasteiger partial charge in [-0.05, 0) is 28.9 Å². The Morgan fingerprint density at radius 1 is 1.47 bits per heavy atom. The van der Waals surface area contributed by atoms with Gasteiger partial charge in [0.1, 0.15) is 5.75 Å². The number of aromatic nitrogens is 2. The summed E-state index contributed by atoms with van der Waals surface area (Å²) in [6.07, 6.45) is 1.52. The second kappa shape index (κ2) is 4.30. The van der Waals surface area contributed by atoms with Gasteiger partial charge >= 0.3 is 0 Å². The van der Waals surface area contributed by atoms with E-state index < -0.39 is 10.0 Å². The van der Waals surface area contributed by atoms with Crippen molar-refractivity contribution in [2.24, 2.45) is 0 Å². The van der Waals surface area contributed by atoms with Gasteiger partial charge in [0.05, 0.1) is 29.0 Å². The molecule has 17 heavy (non-hydrogen) atoms. The maximum absolute atomic E-state index is 11.8. The normalized spacial score (nSPS) is 11.9. The van der Waals surface area contributed by atoms with E-state index in [0.717, 1.165) is 13.9 Å². The number of benzene rings is 1. The number of rotatable bonds is 3. The molecule has 0 unspecified atom stereocenters. The molecule has 1 heterocycles. The lowest BCUT2D eigenvalue weighted by Crippen LogP contribution is -2.15. The second-order valence-electron chi connectivity index (χ2n) is 3.43. The third kappa shape index (κ3) is 2.04. The van der Waals surface area contributed by atoms with Gasteiger partial charge in [0.25, 0.3) is 10.0 Å². The van der Waals surface area contributed by atoms with E-state index >= 15 is 0 Å². The van der Waals surface area contributed by atoms with Crippen LogP contribution in [0.25, 0.3) is 10.9 Å². The Labute approximate surface area is 108 Å². The lowest BCUT2D eigenvalue weighted by atomic mass is 10.2. The summed E-state index contributed by atoms with van der Waals surface area (Å²) in [5.41, 5.74) is 0.520. The van der Waals surface area contributed by atoms with E-state index in [0.29, 0.717) is 11.3 Å². The van der Waals surface area contributed by atoms with Gasteiger partial charge < -0.3 is 4.74 Å². The average Bonchev–Trinajstić information content (AvgIpc) is 2.71. The van der Waals surface area contributed by atoms with Crippen molar-refractivity contribution in [3.63, 3.8) is 0 Å². The summed E-state index contributed by atoms with van der Waals surface area (Å²) in [7, 11) is -1.86. The SMILES string of the molecule is CCS(=O)(=O)n1ncc2cc(Br)c(OC)cc21. The maximum Gasteiger partial charge on any atom is 0.254 e. The molecule has 0 radical (unpaired) electrons. The Morgan fingerprint density at radius 2 is 2.18 bits per heavy atom. The zero-order valence-electron chi connectivity index (χ0n) is 9.34. The predicted octanol–water partition coefficient (Wildman–Crippen LogP) is 2.01. The third-order valence-electron chi connectivity index (χ3n) is 2.44. The lowest BCUT2D eigenvalue weighted by molar-refractivity contribution is 0.412. The summed E-state index contributed by atoms with van der Waals surface area (Å²) >= 11 is 3.34. The number of hydrogen-bond donors (Lipinski definition) is 0. The van der Waals surface area contributed by atoms with Gasteiger partial charge in [-0.2, -0.15) is 9.19 Å². The van der Waals surface area contributed by atoms with Gasteiger partial charge in [0.15, 0.2) is 0 Å². The molecule has 0 saturated heterocycles. The van der Waals surface area contributed by atoms with Crippen molar-refractivity contribution in [1.82, 2.24) is 9.19 Å². The molecular formula is C10H11BrN2O3S. The standard InChI is InChI=1S/C10H11BrN2O3S/c1-3-17(14,15)13-9-5-10(16-2)8(11)4-7(9)6-12-13/h4-6H,3H2,1-2H3. The van der Waals surface area contributed by atoms with Crippen molar-refractivity contribution < 1.29 is 13.2 Å². The van der Waals surface area contributed by atoms with Gasteiger partial charge in [0.2, 0.25) is 0 Å². The van der Waals surface area contributed by atoms with Crippen molar-refractivity contribution in [1.29, 1.82) is 0 Å². The highest BCUT2D eigenvalue weighted by molar-refractivity contribution is 9.10. The van der Waals surface area contributed by atoms with Crippen LogP contribution in [0, 0.1) is 0 Å². The molecule has 0 atom stereocenters. The van der Waals surface area contributed by atoms with E-state index in [-0.39, 0.29) is 5.75 Å². The fourth-order valence-corrected chi connectivity index (χ4v) is 2.92. The first-order chi connectivity index (χ1) is 7.99. The minimum atomic E-state index is -3.38. The fraction of sp³-hybridized carbons (Fsp3) is 0.300. The summed E-state index contributed by atoms with van der Waals surface area (Å²) < 4.78 is 30.6. The van der Waals surface area contributed by atoms with Crippen LogP contribution in [0.4, 0.5) is 0 Å². The second-order valence-corrected chi connectivity index (χ2v) is 6.38. The summed E-state index contributed by atoms with van der Waals surface area (Å²) in [6.45, 7) is 1.58. The van der Waals surface area contributed by atoms with E-state index in [1.54, 1.807) is 19.1 Å². The monoisotopic (exact) mass is 318 g/mol. The molecular weight excluding hydrogens is 308 g/mol. The first-order valence-electron chi connectivity index (χ1n) is 4.94. The third-order valence-corrected chi connectivity index (χ3v) is 4.60. The molecule has 2 rings (SSSR count). The lowest BCUT2D eigenvalue weighted by Gasteiger charge is -2.06.